The van der Waals surface area contributed by atoms with E-state index < -0.39 is 18.2 Å². The molecule has 0 aromatic rings. The Morgan fingerprint density at radius 1 is 1.00 bits per heavy atom. The molecule has 0 aliphatic heterocycles. The standard InChI is InChI=1S/C4H4O4.CH7N3/c5-3(6)1-2-4(7)8;2-1(3)4/h1-2H,(H,5,6)(H,7,8);1H,2-4H2/b2-1-;. The number of aliphatic carboxylic acids is 2. The lowest BCUT2D eigenvalue weighted by atomic mass is 10.5. The molecule has 0 amide bonds. The van der Waals surface area contributed by atoms with Crippen LogP contribution in [0.15, 0.2) is 12.2 Å². The molecule has 0 bridgehead atoms. The smallest absolute Gasteiger partial charge is 0.328 e. The number of carbonyl (C=O) groups is 2. The summed E-state index contributed by atoms with van der Waals surface area (Å²) in [6, 6.07) is 0. The first-order valence-corrected chi connectivity index (χ1v) is 2.77. The second kappa shape index (κ2) is 7.66. The van der Waals surface area contributed by atoms with Crippen LogP contribution in [0, 0.1) is 0 Å². The number of hydrogen-bond acceptors (Lipinski definition) is 5. The average molecular weight is 177 g/mol. The van der Waals surface area contributed by atoms with Crippen molar-refractivity contribution in [2.45, 2.75) is 6.29 Å². The third-order valence-electron chi connectivity index (χ3n) is 0.368. The van der Waals surface area contributed by atoms with Gasteiger partial charge in [-0.25, -0.2) is 9.59 Å². The minimum atomic E-state index is -1.26. The van der Waals surface area contributed by atoms with E-state index in [0.29, 0.717) is 12.2 Å². The first-order valence-electron chi connectivity index (χ1n) is 2.77. The van der Waals surface area contributed by atoms with E-state index in [1.54, 1.807) is 0 Å². The molecule has 0 aliphatic carbocycles. The highest BCUT2D eigenvalue weighted by Gasteiger charge is 1.88. The Morgan fingerprint density at radius 2 is 1.17 bits per heavy atom. The topological polar surface area (TPSA) is 153 Å². The fourth-order valence-corrected chi connectivity index (χ4v) is 0.143. The molecular weight excluding hydrogens is 166 g/mol. The van der Waals surface area contributed by atoms with Crippen LogP contribution in [0.3, 0.4) is 0 Å². The Labute approximate surface area is 68.4 Å². The highest BCUT2D eigenvalue weighted by molar-refractivity contribution is 5.89. The number of nitrogens with two attached hydrogens (primary N) is 3. The van der Waals surface area contributed by atoms with E-state index in [-0.39, 0.29) is 0 Å². The van der Waals surface area contributed by atoms with E-state index in [4.69, 9.17) is 10.2 Å². The summed E-state index contributed by atoms with van der Waals surface area (Å²) in [5, 5.41) is 15.6. The first-order chi connectivity index (χ1) is 5.36. The third-order valence-corrected chi connectivity index (χ3v) is 0.368. The van der Waals surface area contributed by atoms with Gasteiger partial charge in [0, 0.05) is 12.2 Å². The molecule has 8 N–H and O–H groups in total. The molecule has 0 spiro atoms. The van der Waals surface area contributed by atoms with Gasteiger partial charge in [0.25, 0.3) is 0 Å². The van der Waals surface area contributed by atoms with Crippen molar-refractivity contribution in [3.63, 3.8) is 0 Å². The van der Waals surface area contributed by atoms with E-state index >= 15 is 0 Å². The van der Waals surface area contributed by atoms with Crippen molar-refractivity contribution in [1.82, 2.24) is 0 Å². The molecule has 0 fully saturated rings. The normalized spacial score (nSPS) is 9.33. The lowest BCUT2D eigenvalue weighted by molar-refractivity contribution is -0.134. The number of hydrogen-bond donors (Lipinski definition) is 5. The van der Waals surface area contributed by atoms with E-state index in [2.05, 4.69) is 17.2 Å². The second-order valence-electron chi connectivity index (χ2n) is 1.59. The van der Waals surface area contributed by atoms with Gasteiger partial charge in [-0.3, -0.25) is 0 Å². The molecule has 12 heavy (non-hydrogen) atoms. The third kappa shape index (κ3) is 38.6. The lowest BCUT2D eigenvalue weighted by Crippen LogP contribution is -2.39. The number of carboxylic acid groups (broad SMARTS) is 2. The molecule has 7 nitrogen and oxygen atoms in total. The van der Waals surface area contributed by atoms with E-state index in [1.807, 2.05) is 0 Å². The van der Waals surface area contributed by atoms with Crippen molar-refractivity contribution in [1.29, 1.82) is 0 Å². The Hall–Kier alpha value is -1.44. The SMILES string of the molecule is NC(N)N.O=C(O)/C=C\C(=O)O. The molecule has 0 atom stereocenters. The molecule has 7 heteroatoms. The van der Waals surface area contributed by atoms with Gasteiger partial charge >= 0.3 is 11.9 Å². The molecule has 0 unspecified atom stereocenters. The zero-order chi connectivity index (χ0) is 10.1. The monoisotopic (exact) mass is 177 g/mol. The van der Waals surface area contributed by atoms with Crippen LogP contribution in [0.4, 0.5) is 0 Å². The molecule has 0 aromatic carbocycles. The maximum atomic E-state index is 9.55. The summed E-state index contributed by atoms with van der Waals surface area (Å²) in [4.78, 5) is 19.1. The summed E-state index contributed by atoms with van der Waals surface area (Å²) < 4.78 is 0. The Balaban J connectivity index is 0. The van der Waals surface area contributed by atoms with Crippen LogP contribution in [0.2, 0.25) is 0 Å². The molecule has 0 rings (SSSR count). The summed E-state index contributed by atoms with van der Waals surface area (Å²) in [6.45, 7) is 0. The fraction of sp³-hybridized carbons (Fsp3) is 0.200. The average Bonchev–Trinajstić information content (AvgIpc) is 1.82. The van der Waals surface area contributed by atoms with E-state index in [9.17, 15) is 9.59 Å². The van der Waals surface area contributed by atoms with Gasteiger partial charge in [-0.2, -0.15) is 0 Å². The predicted molar refractivity (Wildman–Crippen MR) is 40.8 cm³/mol. The fourth-order valence-electron chi connectivity index (χ4n) is 0.143. The van der Waals surface area contributed by atoms with Crippen LogP contribution in [0.25, 0.3) is 0 Å². The molecule has 0 saturated carbocycles. The lowest BCUT2D eigenvalue weighted by Gasteiger charge is -1.84. The summed E-state index contributed by atoms with van der Waals surface area (Å²) in [7, 11) is 0. The molecule has 0 heterocycles. The van der Waals surface area contributed by atoms with Crippen LogP contribution in [0.1, 0.15) is 0 Å². The zero-order valence-electron chi connectivity index (χ0n) is 6.18. The summed E-state index contributed by atoms with van der Waals surface area (Å²) in [6.07, 6.45) is 0.449. The van der Waals surface area contributed by atoms with Crippen LogP contribution in [0.5, 0.6) is 0 Å². The van der Waals surface area contributed by atoms with Gasteiger partial charge in [0.05, 0.1) is 0 Å². The van der Waals surface area contributed by atoms with Gasteiger partial charge in [0.2, 0.25) is 0 Å². The number of carboxylic acids is 2. The highest BCUT2D eigenvalue weighted by Crippen LogP contribution is 1.70. The summed E-state index contributed by atoms with van der Waals surface area (Å²) in [5.74, 6) is -2.51. The first kappa shape index (κ1) is 13.2. The molecule has 0 radical (unpaired) electrons. The van der Waals surface area contributed by atoms with Gasteiger partial charge in [0.1, 0.15) is 6.29 Å². The van der Waals surface area contributed by atoms with Crippen molar-refractivity contribution >= 4 is 11.9 Å². The van der Waals surface area contributed by atoms with Crippen molar-refractivity contribution in [3.8, 4) is 0 Å². The quantitative estimate of drug-likeness (QED) is 0.238. The van der Waals surface area contributed by atoms with Crippen LogP contribution in [-0.4, -0.2) is 28.4 Å². The predicted octanol–water partition coefficient (Wildman–Crippen LogP) is -2.14. The van der Waals surface area contributed by atoms with Crippen LogP contribution < -0.4 is 17.2 Å². The maximum Gasteiger partial charge on any atom is 0.328 e. The maximum absolute atomic E-state index is 9.55. The summed E-state index contributed by atoms with van der Waals surface area (Å²) in [5.41, 5.74) is 14.0. The second-order valence-corrected chi connectivity index (χ2v) is 1.59. The van der Waals surface area contributed by atoms with Gasteiger partial charge < -0.3 is 27.4 Å². The Morgan fingerprint density at radius 3 is 1.25 bits per heavy atom. The van der Waals surface area contributed by atoms with Crippen LogP contribution in [-0.2, 0) is 9.59 Å². The van der Waals surface area contributed by atoms with Gasteiger partial charge in [-0.05, 0) is 0 Å². The largest absolute Gasteiger partial charge is 0.478 e. The molecule has 0 aromatic heterocycles. The van der Waals surface area contributed by atoms with Crippen LogP contribution >= 0.6 is 0 Å². The van der Waals surface area contributed by atoms with Gasteiger partial charge in [0.15, 0.2) is 0 Å². The van der Waals surface area contributed by atoms with Gasteiger partial charge in [-0.15, -0.1) is 0 Å². The van der Waals surface area contributed by atoms with Gasteiger partial charge in [-0.1, -0.05) is 0 Å². The van der Waals surface area contributed by atoms with Crippen molar-refractivity contribution < 1.29 is 19.8 Å². The Kier molecular flexibility index (Phi) is 8.41. The van der Waals surface area contributed by atoms with E-state index in [0.717, 1.165) is 0 Å². The van der Waals surface area contributed by atoms with Crippen molar-refractivity contribution in [2.24, 2.45) is 17.2 Å². The Bertz CT molecular complexity index is 159. The molecule has 0 saturated heterocycles. The van der Waals surface area contributed by atoms with Crippen molar-refractivity contribution in [3.05, 3.63) is 12.2 Å². The molecular formula is C5H11N3O4. The minimum absolute atomic E-state index is 0.558. The molecule has 0 aliphatic rings. The number of rotatable bonds is 2. The zero-order valence-corrected chi connectivity index (χ0v) is 6.18. The van der Waals surface area contributed by atoms with Crippen molar-refractivity contribution in [2.75, 3.05) is 0 Å². The summed E-state index contributed by atoms with van der Waals surface area (Å²) >= 11 is 0. The highest BCUT2D eigenvalue weighted by atomic mass is 16.4. The van der Waals surface area contributed by atoms with E-state index in [1.165, 1.54) is 0 Å². The molecule has 70 valence electrons. The minimum Gasteiger partial charge on any atom is -0.478 e.